The predicted molar refractivity (Wildman–Crippen MR) is 63.0 cm³/mol. The van der Waals surface area contributed by atoms with Crippen LogP contribution in [-0.4, -0.2) is 36.5 Å². The molecule has 5 nitrogen and oxygen atoms in total. The molecule has 0 rings (SSSR count). The Hall–Kier alpha value is -0.620. The van der Waals surface area contributed by atoms with Gasteiger partial charge in [0.25, 0.3) is 0 Å². The zero-order valence-electron chi connectivity index (χ0n) is 9.85. The van der Waals surface area contributed by atoms with Gasteiger partial charge in [0, 0.05) is 0 Å². The molecule has 0 radical (unpaired) electrons. The van der Waals surface area contributed by atoms with Gasteiger partial charge < -0.3 is 10.8 Å². The normalized spacial score (nSPS) is 14.0. The van der Waals surface area contributed by atoms with Gasteiger partial charge in [0.1, 0.15) is 6.04 Å². The van der Waals surface area contributed by atoms with Crippen LogP contribution in [0.3, 0.4) is 0 Å². The highest BCUT2D eigenvalue weighted by molar-refractivity contribution is 7.92. The summed E-state index contributed by atoms with van der Waals surface area (Å²) in [4.78, 5) is 10.5. The molecule has 0 amide bonds. The topological polar surface area (TPSA) is 97.5 Å². The van der Waals surface area contributed by atoms with Crippen molar-refractivity contribution in [3.8, 4) is 0 Å². The van der Waals surface area contributed by atoms with Gasteiger partial charge >= 0.3 is 5.97 Å². The summed E-state index contributed by atoms with van der Waals surface area (Å²) in [6, 6.07) is -1.32. The standard InChI is InChI=1S/C10H21NO4S/c1-3-5-8(6-4-2)16(14,15)7-9(11)10(12)13/h8-9H,3-7,11H2,1-2H3,(H,12,13)/t9-/m1/s1. The molecule has 0 spiro atoms. The molecule has 6 heteroatoms. The summed E-state index contributed by atoms with van der Waals surface area (Å²) in [6.45, 7) is 3.82. The summed E-state index contributed by atoms with van der Waals surface area (Å²) in [5, 5.41) is 8.15. The van der Waals surface area contributed by atoms with Crippen LogP contribution in [0.2, 0.25) is 0 Å². The van der Waals surface area contributed by atoms with E-state index in [-0.39, 0.29) is 0 Å². The van der Waals surface area contributed by atoms with E-state index in [1.54, 1.807) is 0 Å². The highest BCUT2D eigenvalue weighted by Crippen LogP contribution is 2.16. The van der Waals surface area contributed by atoms with Crippen molar-refractivity contribution >= 4 is 15.8 Å². The summed E-state index contributed by atoms with van der Waals surface area (Å²) in [7, 11) is -3.40. The second-order valence-corrected chi connectivity index (χ2v) is 6.30. The molecule has 0 aromatic carbocycles. The van der Waals surface area contributed by atoms with Gasteiger partial charge in [0.15, 0.2) is 9.84 Å². The minimum atomic E-state index is -3.40. The van der Waals surface area contributed by atoms with Gasteiger partial charge in [0.2, 0.25) is 0 Å². The number of carbonyl (C=O) groups is 1. The second-order valence-electron chi connectivity index (χ2n) is 3.97. The molecule has 3 N–H and O–H groups in total. The predicted octanol–water partition coefficient (Wildman–Crippen LogP) is 0.782. The zero-order chi connectivity index (χ0) is 12.8. The molecular weight excluding hydrogens is 230 g/mol. The van der Waals surface area contributed by atoms with Gasteiger partial charge in [-0.1, -0.05) is 26.7 Å². The van der Waals surface area contributed by atoms with E-state index in [1.807, 2.05) is 13.8 Å². The first-order valence-electron chi connectivity index (χ1n) is 5.55. The summed E-state index contributed by atoms with van der Waals surface area (Å²) < 4.78 is 23.8. The number of aliphatic carboxylic acids is 1. The first-order valence-corrected chi connectivity index (χ1v) is 7.26. The molecule has 0 aliphatic rings. The summed E-state index contributed by atoms with van der Waals surface area (Å²) >= 11 is 0. The van der Waals surface area contributed by atoms with Crippen molar-refractivity contribution in [3.63, 3.8) is 0 Å². The largest absolute Gasteiger partial charge is 0.480 e. The third kappa shape index (κ3) is 4.94. The number of hydrogen-bond acceptors (Lipinski definition) is 4. The van der Waals surface area contributed by atoms with Crippen molar-refractivity contribution < 1.29 is 18.3 Å². The lowest BCUT2D eigenvalue weighted by molar-refractivity contribution is -0.137. The van der Waals surface area contributed by atoms with Crippen molar-refractivity contribution in [2.75, 3.05) is 5.75 Å². The molecule has 96 valence electrons. The lowest BCUT2D eigenvalue weighted by Gasteiger charge is -2.17. The molecule has 0 heterocycles. The molecule has 0 aliphatic heterocycles. The Morgan fingerprint density at radius 2 is 1.69 bits per heavy atom. The van der Waals surface area contributed by atoms with Gasteiger partial charge in [0.05, 0.1) is 11.0 Å². The minimum Gasteiger partial charge on any atom is -0.480 e. The monoisotopic (exact) mass is 251 g/mol. The Labute approximate surface area is 96.9 Å². The average molecular weight is 251 g/mol. The van der Waals surface area contributed by atoms with E-state index in [2.05, 4.69) is 0 Å². The van der Waals surface area contributed by atoms with Crippen LogP contribution in [0.5, 0.6) is 0 Å². The molecule has 0 saturated heterocycles. The third-order valence-electron chi connectivity index (χ3n) is 2.46. The molecule has 1 atom stereocenters. The number of rotatable bonds is 8. The number of sulfone groups is 1. The minimum absolute atomic E-state index is 0.451. The second kappa shape index (κ2) is 6.85. The van der Waals surface area contributed by atoms with Crippen molar-refractivity contribution in [2.45, 2.75) is 50.8 Å². The number of carboxylic acid groups (broad SMARTS) is 1. The molecule has 0 saturated carbocycles. The Morgan fingerprint density at radius 3 is 2.00 bits per heavy atom. The Balaban J connectivity index is 4.65. The average Bonchev–Trinajstić information content (AvgIpc) is 2.16. The first-order chi connectivity index (χ1) is 7.35. The summed E-state index contributed by atoms with van der Waals surface area (Å²) in [5.74, 6) is -1.73. The lowest BCUT2D eigenvalue weighted by atomic mass is 10.2. The number of carboxylic acids is 1. The molecule has 0 bridgehead atoms. The van der Waals surface area contributed by atoms with E-state index in [4.69, 9.17) is 10.8 Å². The highest BCUT2D eigenvalue weighted by Gasteiger charge is 2.28. The number of nitrogens with two attached hydrogens (primary N) is 1. The fraction of sp³-hybridized carbons (Fsp3) is 0.900. The molecule has 16 heavy (non-hydrogen) atoms. The summed E-state index contributed by atoms with van der Waals surface area (Å²) in [6.07, 6.45) is 2.68. The Bertz CT molecular complexity index is 307. The van der Waals surface area contributed by atoms with E-state index in [1.165, 1.54) is 0 Å². The maximum absolute atomic E-state index is 11.9. The van der Waals surface area contributed by atoms with Crippen molar-refractivity contribution in [1.82, 2.24) is 0 Å². The van der Waals surface area contributed by atoms with Crippen LogP contribution in [0.15, 0.2) is 0 Å². The van der Waals surface area contributed by atoms with Crippen LogP contribution >= 0.6 is 0 Å². The van der Waals surface area contributed by atoms with Crippen molar-refractivity contribution in [3.05, 3.63) is 0 Å². The summed E-state index contributed by atoms with van der Waals surface area (Å²) in [5.41, 5.74) is 5.25. The SMILES string of the molecule is CCCC(CCC)S(=O)(=O)C[C@@H](N)C(=O)O. The van der Waals surface area contributed by atoms with E-state index in [0.717, 1.165) is 12.8 Å². The van der Waals surface area contributed by atoms with Crippen LogP contribution in [0.25, 0.3) is 0 Å². The van der Waals surface area contributed by atoms with Crippen LogP contribution in [0, 0.1) is 0 Å². The van der Waals surface area contributed by atoms with Crippen LogP contribution in [-0.2, 0) is 14.6 Å². The first kappa shape index (κ1) is 15.4. The van der Waals surface area contributed by atoms with E-state index < -0.39 is 32.9 Å². The highest BCUT2D eigenvalue weighted by atomic mass is 32.2. The van der Waals surface area contributed by atoms with Crippen molar-refractivity contribution in [1.29, 1.82) is 0 Å². The fourth-order valence-electron chi connectivity index (χ4n) is 1.61. The van der Waals surface area contributed by atoms with Gasteiger partial charge in [-0.2, -0.15) is 0 Å². The third-order valence-corrected chi connectivity index (χ3v) is 4.77. The van der Waals surface area contributed by atoms with E-state index >= 15 is 0 Å². The Kier molecular flexibility index (Phi) is 6.59. The molecular formula is C10H21NO4S. The number of hydrogen-bond donors (Lipinski definition) is 2. The fourth-order valence-corrected chi connectivity index (χ4v) is 3.71. The zero-order valence-corrected chi connectivity index (χ0v) is 10.7. The smallest absolute Gasteiger partial charge is 0.321 e. The van der Waals surface area contributed by atoms with Crippen LogP contribution in [0.4, 0.5) is 0 Å². The van der Waals surface area contributed by atoms with Gasteiger partial charge in [-0.05, 0) is 12.8 Å². The van der Waals surface area contributed by atoms with E-state index in [9.17, 15) is 13.2 Å². The van der Waals surface area contributed by atoms with E-state index in [0.29, 0.717) is 12.8 Å². The van der Waals surface area contributed by atoms with Crippen LogP contribution < -0.4 is 5.73 Å². The van der Waals surface area contributed by atoms with Gasteiger partial charge in [-0.3, -0.25) is 4.79 Å². The molecule has 0 aromatic heterocycles. The maximum atomic E-state index is 11.9. The lowest BCUT2D eigenvalue weighted by Crippen LogP contribution is -2.40. The molecule has 0 unspecified atom stereocenters. The quantitative estimate of drug-likeness (QED) is 0.664. The maximum Gasteiger partial charge on any atom is 0.321 e. The van der Waals surface area contributed by atoms with Crippen LogP contribution in [0.1, 0.15) is 39.5 Å². The molecule has 0 fully saturated rings. The van der Waals surface area contributed by atoms with Crippen molar-refractivity contribution in [2.24, 2.45) is 5.73 Å². The Morgan fingerprint density at radius 1 is 1.25 bits per heavy atom. The molecule has 0 aliphatic carbocycles. The van der Waals surface area contributed by atoms with Gasteiger partial charge in [-0.25, -0.2) is 8.42 Å². The molecule has 0 aromatic rings. The van der Waals surface area contributed by atoms with Gasteiger partial charge in [-0.15, -0.1) is 0 Å².